The van der Waals surface area contributed by atoms with Gasteiger partial charge in [-0.05, 0) is 49.1 Å². The van der Waals surface area contributed by atoms with E-state index in [1.165, 1.54) is 11.5 Å². The highest BCUT2D eigenvalue weighted by atomic mass is 32.1. The summed E-state index contributed by atoms with van der Waals surface area (Å²) in [5.41, 5.74) is 3.55. The molecule has 1 N–H and O–H groups in total. The van der Waals surface area contributed by atoms with Gasteiger partial charge in [0.25, 0.3) is 0 Å². The number of benzene rings is 1. The molecule has 4 nitrogen and oxygen atoms in total. The van der Waals surface area contributed by atoms with Crippen LogP contribution in [0, 0.1) is 13.8 Å². The van der Waals surface area contributed by atoms with Crippen LogP contribution in [0.5, 0.6) is 0 Å². The molecule has 0 fully saturated rings. The Balaban J connectivity index is 2.06. The number of aliphatic hydroxyl groups excluding tert-OH is 1. The molecule has 2 heterocycles. The average Bonchev–Trinajstić information content (AvgIpc) is 2.83. The zero-order valence-corrected chi connectivity index (χ0v) is 11.5. The van der Waals surface area contributed by atoms with Crippen molar-refractivity contribution in [3.05, 3.63) is 52.2 Å². The number of aliphatic hydroxyl groups is 1. The summed E-state index contributed by atoms with van der Waals surface area (Å²) in [4.78, 5) is 5.24. The second kappa shape index (κ2) is 4.68. The predicted octanol–water partition coefficient (Wildman–Crippen LogP) is 2.78. The van der Waals surface area contributed by atoms with Crippen molar-refractivity contribution in [2.75, 3.05) is 0 Å². The van der Waals surface area contributed by atoms with Crippen molar-refractivity contribution in [2.45, 2.75) is 20.0 Å². The van der Waals surface area contributed by atoms with Crippen molar-refractivity contribution >= 4 is 22.4 Å². The molecule has 5 heteroatoms. The van der Waals surface area contributed by atoms with Gasteiger partial charge in [-0.1, -0.05) is 16.6 Å². The fraction of sp³-hybridized carbons (Fsp3) is 0.214. The highest BCUT2D eigenvalue weighted by molar-refractivity contribution is 7.05. The van der Waals surface area contributed by atoms with Gasteiger partial charge in [-0.25, -0.2) is 0 Å². The van der Waals surface area contributed by atoms with Gasteiger partial charge in [0.2, 0.25) is 0 Å². The summed E-state index contributed by atoms with van der Waals surface area (Å²) in [6.45, 7) is 3.82. The predicted molar refractivity (Wildman–Crippen MR) is 75.2 cm³/mol. The standard InChI is InChI=1S/C14H13N3OS/c1-8-3-4-10-7-11(5-6-12(10)15-8)13(18)14-9(2)16-17-19-14/h3-7,13,18H,1-2H3. The number of aromatic nitrogens is 3. The third-order valence-corrected chi connectivity index (χ3v) is 3.98. The first-order valence-corrected chi connectivity index (χ1v) is 6.77. The van der Waals surface area contributed by atoms with Crippen LogP contribution in [0.3, 0.4) is 0 Å². The number of hydrogen-bond acceptors (Lipinski definition) is 5. The van der Waals surface area contributed by atoms with E-state index in [1.54, 1.807) is 0 Å². The van der Waals surface area contributed by atoms with Crippen molar-refractivity contribution in [2.24, 2.45) is 0 Å². The Morgan fingerprint density at radius 1 is 1.16 bits per heavy atom. The lowest BCUT2D eigenvalue weighted by Crippen LogP contribution is -1.99. The molecule has 2 aromatic heterocycles. The number of nitrogens with zero attached hydrogens (tertiary/aromatic N) is 3. The van der Waals surface area contributed by atoms with Gasteiger partial charge in [-0.15, -0.1) is 5.10 Å². The van der Waals surface area contributed by atoms with E-state index in [4.69, 9.17) is 0 Å². The van der Waals surface area contributed by atoms with E-state index in [9.17, 15) is 5.11 Å². The van der Waals surface area contributed by atoms with Gasteiger partial charge in [-0.3, -0.25) is 4.98 Å². The summed E-state index contributed by atoms with van der Waals surface area (Å²) < 4.78 is 3.86. The van der Waals surface area contributed by atoms with Gasteiger partial charge < -0.3 is 5.11 Å². The van der Waals surface area contributed by atoms with Crippen molar-refractivity contribution in [3.8, 4) is 0 Å². The maximum Gasteiger partial charge on any atom is 0.117 e. The van der Waals surface area contributed by atoms with Crippen molar-refractivity contribution in [3.63, 3.8) is 0 Å². The maximum atomic E-state index is 10.4. The Morgan fingerprint density at radius 3 is 2.74 bits per heavy atom. The normalized spacial score (nSPS) is 12.8. The first-order chi connectivity index (χ1) is 9.15. The third-order valence-electron chi connectivity index (χ3n) is 3.10. The molecule has 0 spiro atoms. The van der Waals surface area contributed by atoms with Gasteiger partial charge in [-0.2, -0.15) is 0 Å². The van der Waals surface area contributed by atoms with Gasteiger partial charge in [0.15, 0.2) is 0 Å². The highest BCUT2D eigenvalue weighted by Crippen LogP contribution is 2.28. The van der Waals surface area contributed by atoms with Crippen LogP contribution < -0.4 is 0 Å². The topological polar surface area (TPSA) is 58.9 Å². The fourth-order valence-electron chi connectivity index (χ4n) is 2.06. The largest absolute Gasteiger partial charge is 0.383 e. The van der Waals surface area contributed by atoms with Crippen LogP contribution in [0.4, 0.5) is 0 Å². The molecule has 96 valence electrons. The minimum atomic E-state index is -0.675. The minimum absolute atomic E-state index is 0.675. The molecular formula is C14H13N3OS. The Labute approximate surface area is 114 Å². The highest BCUT2D eigenvalue weighted by Gasteiger charge is 2.16. The summed E-state index contributed by atoms with van der Waals surface area (Å²) in [5, 5.41) is 15.3. The molecule has 0 saturated carbocycles. The van der Waals surface area contributed by atoms with E-state index in [0.29, 0.717) is 0 Å². The number of rotatable bonds is 2. The number of fused-ring (bicyclic) bond motifs is 1. The van der Waals surface area contributed by atoms with Crippen LogP contribution in [0.2, 0.25) is 0 Å². The molecule has 1 aromatic carbocycles. The molecule has 0 radical (unpaired) electrons. The Morgan fingerprint density at radius 2 is 2.00 bits per heavy atom. The molecule has 0 amide bonds. The minimum Gasteiger partial charge on any atom is -0.383 e. The van der Waals surface area contributed by atoms with Crippen molar-refractivity contribution < 1.29 is 5.11 Å². The summed E-state index contributed by atoms with van der Waals surface area (Å²) in [7, 11) is 0. The summed E-state index contributed by atoms with van der Waals surface area (Å²) in [6.07, 6.45) is -0.675. The van der Waals surface area contributed by atoms with E-state index in [2.05, 4.69) is 14.6 Å². The molecule has 19 heavy (non-hydrogen) atoms. The van der Waals surface area contributed by atoms with E-state index in [0.717, 1.165) is 32.7 Å². The lowest BCUT2D eigenvalue weighted by Gasteiger charge is -2.10. The van der Waals surface area contributed by atoms with Crippen LogP contribution in [0.25, 0.3) is 10.9 Å². The molecule has 3 rings (SSSR count). The van der Waals surface area contributed by atoms with Crippen molar-refractivity contribution in [1.82, 2.24) is 14.6 Å². The quantitative estimate of drug-likeness (QED) is 0.778. The van der Waals surface area contributed by atoms with Crippen LogP contribution in [-0.4, -0.2) is 19.7 Å². The molecular weight excluding hydrogens is 258 g/mol. The molecule has 1 unspecified atom stereocenters. The molecule has 0 aliphatic carbocycles. The molecule has 3 aromatic rings. The van der Waals surface area contributed by atoms with E-state index >= 15 is 0 Å². The van der Waals surface area contributed by atoms with E-state index in [1.807, 2.05) is 44.2 Å². The Bertz CT molecular complexity index is 738. The lowest BCUT2D eigenvalue weighted by molar-refractivity contribution is 0.223. The number of pyridine rings is 1. The first-order valence-electron chi connectivity index (χ1n) is 5.99. The zero-order valence-electron chi connectivity index (χ0n) is 10.7. The van der Waals surface area contributed by atoms with E-state index in [-0.39, 0.29) is 0 Å². The second-order valence-electron chi connectivity index (χ2n) is 4.53. The fourth-order valence-corrected chi connectivity index (χ4v) is 2.72. The van der Waals surface area contributed by atoms with Crippen LogP contribution in [-0.2, 0) is 0 Å². The smallest absolute Gasteiger partial charge is 0.117 e. The monoisotopic (exact) mass is 271 g/mol. The van der Waals surface area contributed by atoms with Gasteiger partial charge in [0, 0.05) is 11.1 Å². The second-order valence-corrected chi connectivity index (χ2v) is 5.32. The lowest BCUT2D eigenvalue weighted by atomic mass is 10.0. The van der Waals surface area contributed by atoms with Crippen LogP contribution in [0.15, 0.2) is 30.3 Å². The molecule has 1 atom stereocenters. The number of aryl methyl sites for hydroxylation is 2. The molecule has 0 aliphatic rings. The SMILES string of the molecule is Cc1ccc2cc(C(O)c3snnc3C)ccc2n1. The Hall–Kier alpha value is -1.85. The van der Waals surface area contributed by atoms with Gasteiger partial charge >= 0.3 is 0 Å². The summed E-state index contributed by atoms with van der Waals surface area (Å²) in [6, 6.07) is 9.79. The third kappa shape index (κ3) is 2.22. The number of hydrogen-bond donors (Lipinski definition) is 1. The van der Waals surface area contributed by atoms with Gasteiger partial charge in [0.05, 0.1) is 16.1 Å². The maximum absolute atomic E-state index is 10.4. The molecule has 0 aliphatic heterocycles. The van der Waals surface area contributed by atoms with Crippen LogP contribution >= 0.6 is 11.5 Å². The summed E-state index contributed by atoms with van der Waals surface area (Å²) >= 11 is 1.23. The van der Waals surface area contributed by atoms with Gasteiger partial charge in [0.1, 0.15) is 6.10 Å². The average molecular weight is 271 g/mol. The first kappa shape index (κ1) is 12.2. The Kier molecular flexibility index (Phi) is 3.00. The van der Waals surface area contributed by atoms with Crippen LogP contribution in [0.1, 0.15) is 27.9 Å². The van der Waals surface area contributed by atoms with E-state index < -0.39 is 6.10 Å². The summed E-state index contributed by atoms with van der Waals surface area (Å²) in [5.74, 6) is 0. The molecule has 0 saturated heterocycles. The molecule has 0 bridgehead atoms. The van der Waals surface area contributed by atoms with Crippen molar-refractivity contribution in [1.29, 1.82) is 0 Å². The zero-order chi connectivity index (χ0) is 13.4.